The molecule has 4 nitrogen and oxygen atoms in total. The molecule has 8 rings (SSSR count). The summed E-state index contributed by atoms with van der Waals surface area (Å²) in [5, 5.41) is 13.1. The Hall–Kier alpha value is -5.57. The standard InChI is InChI=1S/C63H70N3O.Pt/c1-59(2,3)39-40-24-26-41(27-25-40)43-30-31-64-53(35-43)45-32-44(33-47(34-45)61(7,8)9)49-22-19-23-55-56(49)65-58(51-37-48(62(10,11)12)38-52(57(51)67)63(13,14)15)66(55)54-29-28-46(60(4,5)6)36-50(54)42-20-17-16-18-21-42;/h16-31,33-38,67H,39H2,1-15H3;/q-1;/i10D3,11D3,12D3,13D3,14D3,15D3,26D,27D,39D2;. The van der Waals surface area contributed by atoms with Crippen molar-refractivity contribution in [2.45, 2.75) is 131 Å². The molecule has 0 radical (unpaired) electrons. The van der Waals surface area contributed by atoms with Gasteiger partial charge in [-0.1, -0.05) is 199 Å². The zero-order valence-corrected chi connectivity index (χ0v) is 41.9. The number of imidazole rings is 1. The molecule has 2 heterocycles. The molecule has 0 bridgehead atoms. The summed E-state index contributed by atoms with van der Waals surface area (Å²) in [5.74, 6) is -1.87. The smallest absolute Gasteiger partial charge is 0.148 e. The SMILES string of the molecule is [2H]c1cc(C([2H])([2H])C(C)(C)C)cc([2H])c1-c1ccnc(-c2[c-]c(-c3cccc4c3nc(-c3cc(C(C([2H])([2H])[2H])(C([2H])([2H])[2H])C([2H])([2H])[2H])cc(C(C([2H])([2H])[2H])(C([2H])([2H])[2H])C([2H])([2H])[2H])c3O)n4-c3ccc(C(C)(C)C)cc3-c3ccccc3)cc(C(C)(C)C)c2)c1.[Pt]. The number of fused-ring (bicyclic) bond motifs is 1. The number of phenols is 1. The van der Waals surface area contributed by atoms with Crippen molar-refractivity contribution >= 4 is 11.0 Å². The van der Waals surface area contributed by atoms with Crippen LogP contribution in [-0.4, -0.2) is 19.6 Å². The van der Waals surface area contributed by atoms with Gasteiger partial charge >= 0.3 is 0 Å². The Morgan fingerprint density at radius 3 is 1.90 bits per heavy atom. The number of hydrogen-bond donors (Lipinski definition) is 1. The molecule has 68 heavy (non-hydrogen) atoms. The molecule has 354 valence electrons. The van der Waals surface area contributed by atoms with Gasteiger partial charge in [-0.15, -0.1) is 29.3 Å². The van der Waals surface area contributed by atoms with Crippen molar-refractivity contribution in [3.05, 3.63) is 167 Å². The summed E-state index contributed by atoms with van der Waals surface area (Å²) < 4.78 is 196. The van der Waals surface area contributed by atoms with E-state index in [9.17, 15) is 5.11 Å². The molecular weight excluding hydrogens is 1010 g/mol. The third-order valence-corrected chi connectivity index (χ3v) is 11.7. The Morgan fingerprint density at radius 1 is 0.603 bits per heavy atom. The minimum atomic E-state index is -4.18. The van der Waals surface area contributed by atoms with Crippen molar-refractivity contribution in [1.29, 1.82) is 0 Å². The predicted molar refractivity (Wildman–Crippen MR) is 285 cm³/mol. The molecule has 8 aromatic rings. The molecule has 0 atom stereocenters. The Balaban J connectivity index is 0.0000115. The minimum Gasteiger partial charge on any atom is -0.507 e. The van der Waals surface area contributed by atoms with Crippen molar-refractivity contribution in [3.8, 4) is 67.5 Å². The van der Waals surface area contributed by atoms with E-state index in [1.165, 1.54) is 22.9 Å². The summed E-state index contributed by atoms with van der Waals surface area (Å²) in [6, 6.07) is 33.6. The van der Waals surface area contributed by atoms with E-state index in [0.29, 0.717) is 45.1 Å². The molecule has 2 aromatic heterocycles. The molecule has 0 aliphatic carbocycles. The van der Waals surface area contributed by atoms with Crippen LogP contribution in [0.25, 0.3) is 72.7 Å². The molecule has 0 saturated carbocycles. The Morgan fingerprint density at radius 2 is 1.25 bits per heavy atom. The van der Waals surface area contributed by atoms with E-state index in [2.05, 4.69) is 6.07 Å². The van der Waals surface area contributed by atoms with Crippen LogP contribution in [0.2, 0.25) is 0 Å². The van der Waals surface area contributed by atoms with E-state index in [0.717, 1.165) is 11.1 Å². The Labute approximate surface area is 452 Å². The summed E-state index contributed by atoms with van der Waals surface area (Å²) in [6.07, 6.45) is -0.371. The van der Waals surface area contributed by atoms with Crippen molar-refractivity contribution in [2.75, 3.05) is 0 Å². The maximum absolute atomic E-state index is 13.1. The molecule has 6 aromatic carbocycles. The average molecular weight is 1100 g/mol. The van der Waals surface area contributed by atoms with Crippen LogP contribution >= 0.6 is 0 Å². The van der Waals surface area contributed by atoms with E-state index >= 15 is 0 Å². The molecule has 0 spiro atoms. The number of nitrogens with zero attached hydrogens (tertiary/aromatic N) is 3. The first-order chi connectivity index (χ1) is 40.4. The van der Waals surface area contributed by atoms with Gasteiger partial charge in [0, 0.05) is 71.5 Å². The quantitative estimate of drug-likeness (QED) is 0.162. The first-order valence-electron chi connectivity index (χ1n) is 33.1. The summed E-state index contributed by atoms with van der Waals surface area (Å²) in [5.41, 5.74) is -8.22. The van der Waals surface area contributed by atoms with Gasteiger partial charge in [-0.2, -0.15) is 0 Å². The molecule has 0 aliphatic rings. The van der Waals surface area contributed by atoms with Crippen LogP contribution in [-0.2, 0) is 49.1 Å². The van der Waals surface area contributed by atoms with Crippen LogP contribution in [0.4, 0.5) is 0 Å². The maximum atomic E-state index is 13.1. The van der Waals surface area contributed by atoms with Gasteiger partial charge in [-0.05, 0) is 97.2 Å². The van der Waals surface area contributed by atoms with Crippen molar-refractivity contribution in [2.24, 2.45) is 5.41 Å². The van der Waals surface area contributed by atoms with Gasteiger partial charge in [0.05, 0.1) is 25.0 Å². The number of aromatic nitrogens is 3. The third kappa shape index (κ3) is 10.5. The largest absolute Gasteiger partial charge is 0.507 e. The van der Waals surface area contributed by atoms with Gasteiger partial charge in [-0.3, -0.25) is 9.55 Å². The molecular formula is C63H70N3OPt-. The molecule has 0 saturated heterocycles. The fraction of sp³-hybridized carbons (Fsp3) is 0.333. The number of benzene rings is 6. The van der Waals surface area contributed by atoms with Gasteiger partial charge in [0.15, 0.2) is 0 Å². The Kier molecular flexibility index (Phi) is 7.79. The molecule has 1 N–H and O–H groups in total. The second-order valence-electron chi connectivity index (χ2n) is 20.4. The van der Waals surface area contributed by atoms with E-state index in [4.69, 9.17) is 40.1 Å². The number of hydrogen-bond acceptors (Lipinski definition) is 3. The Bertz CT molecular complexity index is 3920. The fourth-order valence-corrected chi connectivity index (χ4v) is 8.17. The van der Waals surface area contributed by atoms with Gasteiger partial charge in [0.25, 0.3) is 0 Å². The second kappa shape index (κ2) is 18.4. The maximum Gasteiger partial charge on any atom is 0.148 e. The normalized spacial score (nSPS) is 18.7. The number of para-hydroxylation sites is 1. The topological polar surface area (TPSA) is 50.9 Å². The first-order valence-corrected chi connectivity index (χ1v) is 22.1. The molecule has 0 aliphatic heterocycles. The van der Waals surface area contributed by atoms with Crippen LogP contribution < -0.4 is 0 Å². The van der Waals surface area contributed by atoms with Crippen molar-refractivity contribution in [3.63, 3.8) is 0 Å². The zero-order chi connectivity index (χ0) is 67.0. The van der Waals surface area contributed by atoms with Gasteiger partial charge in [-0.25, -0.2) is 4.98 Å². The van der Waals surface area contributed by atoms with Crippen LogP contribution in [0.3, 0.4) is 0 Å². The average Bonchev–Trinajstić information content (AvgIpc) is 0.780. The summed E-state index contributed by atoms with van der Waals surface area (Å²) in [6.45, 7) is -7.68. The second-order valence-corrected chi connectivity index (χ2v) is 20.4. The number of aromatic hydroxyl groups is 1. The predicted octanol–water partition coefficient (Wildman–Crippen LogP) is 17.0. The van der Waals surface area contributed by atoms with Gasteiger partial charge in [0.2, 0.25) is 0 Å². The molecule has 5 heteroatoms. The monoisotopic (exact) mass is 1100 g/mol. The van der Waals surface area contributed by atoms with Crippen LogP contribution in [0.1, 0.15) is 161 Å². The van der Waals surface area contributed by atoms with Crippen LogP contribution in [0.15, 0.2) is 134 Å². The van der Waals surface area contributed by atoms with Crippen LogP contribution in [0, 0.1) is 11.5 Å². The minimum absolute atomic E-state index is 0. The van der Waals surface area contributed by atoms with Gasteiger partial charge < -0.3 is 5.11 Å². The van der Waals surface area contributed by atoms with E-state index in [-0.39, 0.29) is 67.1 Å². The molecule has 0 amide bonds. The first kappa shape index (κ1) is 28.8. The third-order valence-electron chi connectivity index (χ3n) is 11.7. The number of pyridine rings is 1. The summed E-state index contributed by atoms with van der Waals surface area (Å²) in [4.78, 5) is 9.92. The van der Waals surface area contributed by atoms with E-state index in [1.807, 2.05) is 77.9 Å². The van der Waals surface area contributed by atoms with Crippen LogP contribution in [0.5, 0.6) is 5.75 Å². The molecule has 0 unspecified atom stereocenters. The van der Waals surface area contributed by atoms with Crippen molar-refractivity contribution in [1.82, 2.24) is 14.5 Å². The summed E-state index contributed by atoms with van der Waals surface area (Å²) >= 11 is 0. The number of rotatable bonds is 7. The zero-order valence-electron chi connectivity index (χ0n) is 61.7. The summed E-state index contributed by atoms with van der Waals surface area (Å²) in [7, 11) is 0. The fourth-order valence-electron chi connectivity index (χ4n) is 8.17. The van der Waals surface area contributed by atoms with E-state index in [1.54, 1.807) is 75.4 Å². The van der Waals surface area contributed by atoms with Gasteiger partial charge in [0.1, 0.15) is 11.6 Å². The number of phenolic OH excluding ortho intramolecular Hbond substituents is 1. The molecule has 0 fully saturated rings. The van der Waals surface area contributed by atoms with E-state index < -0.39 is 103 Å². The van der Waals surface area contributed by atoms with Crippen molar-refractivity contribution < 1.29 is 56.3 Å².